The molecule has 6 heteroatoms. The molecule has 0 bridgehead atoms. The van der Waals surface area contributed by atoms with Crippen molar-refractivity contribution in [2.75, 3.05) is 5.43 Å². The first kappa shape index (κ1) is 20.3. The first-order valence-corrected chi connectivity index (χ1v) is 11.1. The smallest absolute Gasteiger partial charge is 0.203 e. The molecule has 0 radical (unpaired) electrons. The van der Waals surface area contributed by atoms with E-state index < -0.39 is 0 Å². The van der Waals surface area contributed by atoms with Gasteiger partial charge in [0.15, 0.2) is 0 Å². The number of nitrogens with one attached hydrogen (secondary N) is 1. The zero-order valence-corrected chi connectivity index (χ0v) is 18.8. The minimum atomic E-state index is 0.555. The highest BCUT2D eigenvalue weighted by Crippen LogP contribution is 2.26. The first-order valence-electron chi connectivity index (χ1n) is 9.46. The van der Waals surface area contributed by atoms with Crippen LogP contribution >= 0.6 is 27.3 Å². The fourth-order valence-corrected chi connectivity index (χ4v) is 3.73. The van der Waals surface area contributed by atoms with Gasteiger partial charge in [-0.2, -0.15) is 5.10 Å². The van der Waals surface area contributed by atoms with Crippen LogP contribution in [0.25, 0.3) is 11.3 Å². The van der Waals surface area contributed by atoms with Crippen LogP contribution in [0.15, 0.2) is 93.8 Å². The van der Waals surface area contributed by atoms with Gasteiger partial charge in [0.05, 0.1) is 11.4 Å². The summed E-state index contributed by atoms with van der Waals surface area (Å²) in [6, 6.07) is 26.2. The van der Waals surface area contributed by atoms with E-state index in [-0.39, 0.29) is 0 Å². The first-order chi connectivity index (χ1) is 14.7. The van der Waals surface area contributed by atoms with Crippen LogP contribution in [0.1, 0.15) is 18.1 Å². The van der Waals surface area contributed by atoms with Crippen molar-refractivity contribution < 1.29 is 4.74 Å². The Kier molecular flexibility index (Phi) is 6.57. The number of anilines is 1. The van der Waals surface area contributed by atoms with Crippen molar-refractivity contribution >= 4 is 38.1 Å². The third-order valence-corrected chi connectivity index (χ3v) is 5.76. The number of benzene rings is 3. The van der Waals surface area contributed by atoms with Gasteiger partial charge < -0.3 is 4.74 Å². The molecule has 4 rings (SSSR count). The van der Waals surface area contributed by atoms with E-state index in [2.05, 4.69) is 43.6 Å². The van der Waals surface area contributed by atoms with Crippen LogP contribution in [0, 0.1) is 0 Å². The monoisotopic (exact) mass is 477 g/mol. The van der Waals surface area contributed by atoms with Crippen molar-refractivity contribution in [3.05, 3.63) is 99.8 Å². The van der Waals surface area contributed by atoms with Gasteiger partial charge in [0.1, 0.15) is 12.4 Å². The number of halogens is 1. The molecule has 0 unspecified atom stereocenters. The average molecular weight is 478 g/mol. The number of aromatic nitrogens is 1. The molecule has 0 amide bonds. The highest BCUT2D eigenvalue weighted by molar-refractivity contribution is 9.10. The van der Waals surface area contributed by atoms with Gasteiger partial charge in [-0.25, -0.2) is 4.98 Å². The highest BCUT2D eigenvalue weighted by Gasteiger charge is 2.05. The summed E-state index contributed by atoms with van der Waals surface area (Å²) in [5.74, 6) is 0.836. The third kappa shape index (κ3) is 5.34. The van der Waals surface area contributed by atoms with E-state index >= 15 is 0 Å². The molecule has 3 aromatic carbocycles. The summed E-state index contributed by atoms with van der Waals surface area (Å²) >= 11 is 4.99. The lowest BCUT2D eigenvalue weighted by atomic mass is 10.1. The molecule has 0 aliphatic rings. The van der Waals surface area contributed by atoms with Crippen LogP contribution in [0.4, 0.5) is 5.13 Å². The molecule has 0 fully saturated rings. The number of hydrogen-bond donors (Lipinski definition) is 1. The summed E-state index contributed by atoms with van der Waals surface area (Å²) in [5.41, 5.74) is 8.13. The lowest BCUT2D eigenvalue weighted by Gasteiger charge is -2.07. The maximum absolute atomic E-state index is 5.84. The van der Waals surface area contributed by atoms with Crippen LogP contribution in [0.2, 0.25) is 0 Å². The number of nitrogens with zero attached hydrogens (tertiary/aromatic N) is 2. The molecule has 0 saturated heterocycles. The SMILES string of the molecule is C/C(=N/Nc1nc(-c2ccc(Br)cc2)cs1)c1ccc(OCc2ccccc2)cc1. The van der Waals surface area contributed by atoms with Gasteiger partial charge in [-0.1, -0.05) is 58.4 Å². The summed E-state index contributed by atoms with van der Waals surface area (Å²) in [4.78, 5) is 4.61. The van der Waals surface area contributed by atoms with Crippen molar-refractivity contribution in [1.82, 2.24) is 4.98 Å². The van der Waals surface area contributed by atoms with Crippen molar-refractivity contribution in [2.24, 2.45) is 5.10 Å². The Labute approximate surface area is 188 Å². The second-order valence-electron chi connectivity index (χ2n) is 6.65. The van der Waals surface area contributed by atoms with Crippen molar-refractivity contribution in [2.45, 2.75) is 13.5 Å². The second-order valence-corrected chi connectivity index (χ2v) is 8.43. The lowest BCUT2D eigenvalue weighted by molar-refractivity contribution is 0.306. The molecule has 0 saturated carbocycles. The number of hydrazone groups is 1. The summed E-state index contributed by atoms with van der Waals surface area (Å²) in [7, 11) is 0. The second kappa shape index (κ2) is 9.69. The zero-order valence-electron chi connectivity index (χ0n) is 16.4. The molecule has 1 N–H and O–H groups in total. The summed E-state index contributed by atoms with van der Waals surface area (Å²) in [6.45, 7) is 2.52. The molecular formula is C24H20BrN3OS. The van der Waals surface area contributed by atoms with Gasteiger partial charge in [0.2, 0.25) is 5.13 Å². The third-order valence-electron chi connectivity index (χ3n) is 4.48. The number of ether oxygens (including phenoxy) is 1. The maximum Gasteiger partial charge on any atom is 0.203 e. The van der Waals surface area contributed by atoms with Gasteiger partial charge in [-0.3, -0.25) is 5.43 Å². The summed E-state index contributed by atoms with van der Waals surface area (Å²) in [5, 5.41) is 7.26. The molecular weight excluding hydrogens is 458 g/mol. The molecule has 4 aromatic rings. The minimum absolute atomic E-state index is 0.555. The maximum atomic E-state index is 5.84. The van der Waals surface area contributed by atoms with E-state index in [9.17, 15) is 0 Å². The fourth-order valence-electron chi connectivity index (χ4n) is 2.81. The highest BCUT2D eigenvalue weighted by atomic mass is 79.9. The molecule has 1 aromatic heterocycles. The van der Waals surface area contributed by atoms with Crippen LogP contribution in [0.3, 0.4) is 0 Å². The van der Waals surface area contributed by atoms with E-state index in [1.807, 2.05) is 79.0 Å². The molecule has 0 spiro atoms. The van der Waals surface area contributed by atoms with Crippen LogP contribution in [-0.2, 0) is 6.61 Å². The van der Waals surface area contributed by atoms with Gasteiger partial charge in [0, 0.05) is 15.4 Å². The quantitative estimate of drug-likeness (QED) is 0.230. The van der Waals surface area contributed by atoms with E-state index in [0.717, 1.165) is 43.4 Å². The van der Waals surface area contributed by atoms with E-state index in [0.29, 0.717) is 6.61 Å². The summed E-state index contributed by atoms with van der Waals surface area (Å²) in [6.07, 6.45) is 0. The van der Waals surface area contributed by atoms with Crippen molar-refractivity contribution in [3.8, 4) is 17.0 Å². The largest absolute Gasteiger partial charge is 0.489 e. The molecule has 30 heavy (non-hydrogen) atoms. The van der Waals surface area contributed by atoms with Crippen molar-refractivity contribution in [1.29, 1.82) is 0 Å². The Morgan fingerprint density at radius 2 is 1.73 bits per heavy atom. The molecule has 0 atom stereocenters. The normalized spacial score (nSPS) is 11.3. The standard InChI is InChI=1S/C24H20BrN3OS/c1-17(19-9-13-22(14-10-19)29-15-18-5-3-2-4-6-18)27-28-24-26-23(16-30-24)20-7-11-21(25)12-8-20/h2-14,16H,15H2,1H3,(H,26,28)/b27-17-. The Balaban J connectivity index is 1.36. The summed E-state index contributed by atoms with van der Waals surface area (Å²) < 4.78 is 6.89. The molecule has 0 aliphatic heterocycles. The predicted molar refractivity (Wildman–Crippen MR) is 128 cm³/mol. The Bertz CT molecular complexity index is 1120. The average Bonchev–Trinajstić information content (AvgIpc) is 3.27. The van der Waals surface area contributed by atoms with E-state index in [4.69, 9.17) is 4.74 Å². The van der Waals surface area contributed by atoms with Gasteiger partial charge in [-0.15, -0.1) is 11.3 Å². The van der Waals surface area contributed by atoms with Crippen LogP contribution in [0.5, 0.6) is 5.75 Å². The zero-order chi connectivity index (χ0) is 20.8. The Morgan fingerprint density at radius 1 is 1.00 bits per heavy atom. The minimum Gasteiger partial charge on any atom is -0.489 e. The number of thiazole rings is 1. The molecule has 150 valence electrons. The van der Waals surface area contributed by atoms with Gasteiger partial charge in [0.25, 0.3) is 0 Å². The van der Waals surface area contributed by atoms with Crippen LogP contribution < -0.4 is 10.2 Å². The van der Waals surface area contributed by atoms with Crippen molar-refractivity contribution in [3.63, 3.8) is 0 Å². The van der Waals surface area contributed by atoms with Gasteiger partial charge >= 0.3 is 0 Å². The van der Waals surface area contributed by atoms with Gasteiger partial charge in [-0.05, 0) is 54.4 Å². The predicted octanol–water partition coefficient (Wildman–Crippen LogP) is 6.99. The topological polar surface area (TPSA) is 46.5 Å². The molecule has 4 nitrogen and oxygen atoms in total. The number of hydrogen-bond acceptors (Lipinski definition) is 5. The molecule has 0 aliphatic carbocycles. The lowest BCUT2D eigenvalue weighted by Crippen LogP contribution is -2.00. The van der Waals surface area contributed by atoms with Crippen LogP contribution in [-0.4, -0.2) is 10.7 Å². The van der Waals surface area contributed by atoms with E-state index in [1.54, 1.807) is 0 Å². The number of rotatable bonds is 7. The fraction of sp³-hybridized carbons (Fsp3) is 0.0833. The Hall–Kier alpha value is -2.96. The Morgan fingerprint density at radius 3 is 2.47 bits per heavy atom. The van der Waals surface area contributed by atoms with E-state index in [1.165, 1.54) is 11.3 Å². The molecule has 1 heterocycles.